The molecule has 1 aliphatic carbocycles. The van der Waals surface area contributed by atoms with Gasteiger partial charge in [-0.25, -0.2) is 9.67 Å². The summed E-state index contributed by atoms with van der Waals surface area (Å²) in [5.41, 5.74) is 2.91. The third kappa shape index (κ3) is 2.77. The van der Waals surface area contributed by atoms with Crippen molar-refractivity contribution in [1.82, 2.24) is 29.9 Å². The number of rotatable bonds is 4. The van der Waals surface area contributed by atoms with Crippen LogP contribution in [0.5, 0.6) is 0 Å². The van der Waals surface area contributed by atoms with Gasteiger partial charge in [-0.15, -0.1) is 21.5 Å². The molecule has 0 saturated heterocycles. The van der Waals surface area contributed by atoms with Gasteiger partial charge in [0.15, 0.2) is 0 Å². The van der Waals surface area contributed by atoms with Crippen LogP contribution in [-0.4, -0.2) is 29.9 Å². The first-order valence-electron chi connectivity index (χ1n) is 8.05. The van der Waals surface area contributed by atoms with Crippen LogP contribution >= 0.6 is 22.7 Å². The molecule has 0 amide bonds. The van der Waals surface area contributed by atoms with Crippen LogP contribution in [0.1, 0.15) is 29.5 Å². The quantitative estimate of drug-likeness (QED) is 0.544. The van der Waals surface area contributed by atoms with Crippen molar-refractivity contribution < 1.29 is 0 Å². The number of nitrogens with zero attached hydrogens (tertiary/aromatic N) is 6. The highest BCUT2D eigenvalue weighted by molar-refractivity contribution is 7.18. The molecule has 0 aromatic carbocycles. The molecule has 4 heterocycles. The second kappa shape index (κ2) is 5.82. The lowest BCUT2D eigenvalue weighted by molar-refractivity contribution is 0.842. The van der Waals surface area contributed by atoms with Crippen LogP contribution in [0.3, 0.4) is 0 Å². The molecule has 1 saturated carbocycles. The van der Waals surface area contributed by atoms with E-state index in [4.69, 9.17) is 5.10 Å². The van der Waals surface area contributed by atoms with Crippen molar-refractivity contribution in [3.05, 3.63) is 47.5 Å². The van der Waals surface area contributed by atoms with Crippen molar-refractivity contribution in [3.8, 4) is 26.3 Å². The summed E-state index contributed by atoms with van der Waals surface area (Å²) in [4.78, 5) is 9.92. The van der Waals surface area contributed by atoms with Crippen molar-refractivity contribution >= 4 is 22.7 Å². The SMILES string of the molecule is Cc1nc(-c2cccnc2)sc1-c1ccn(-c2nnc(C3CC3)s2)n1. The molecule has 1 aliphatic rings. The summed E-state index contributed by atoms with van der Waals surface area (Å²) in [5, 5.41) is 16.2. The van der Waals surface area contributed by atoms with E-state index < -0.39 is 0 Å². The first-order chi connectivity index (χ1) is 12.3. The fourth-order valence-corrected chi connectivity index (χ4v) is 4.58. The maximum absolute atomic E-state index is 4.69. The summed E-state index contributed by atoms with van der Waals surface area (Å²) in [7, 11) is 0. The van der Waals surface area contributed by atoms with Gasteiger partial charge >= 0.3 is 0 Å². The van der Waals surface area contributed by atoms with Gasteiger partial charge in [-0.2, -0.15) is 5.10 Å². The van der Waals surface area contributed by atoms with Crippen LogP contribution in [0, 0.1) is 6.92 Å². The lowest BCUT2D eigenvalue weighted by Gasteiger charge is -1.94. The number of aryl methyl sites for hydroxylation is 1. The Kier molecular flexibility index (Phi) is 3.46. The second-order valence-corrected chi connectivity index (χ2v) is 8.00. The minimum Gasteiger partial charge on any atom is -0.264 e. The van der Waals surface area contributed by atoms with Gasteiger partial charge in [-0.05, 0) is 38.0 Å². The summed E-state index contributed by atoms with van der Waals surface area (Å²) in [6.45, 7) is 2.01. The third-order valence-corrected chi connectivity index (χ3v) is 6.38. The minimum absolute atomic E-state index is 0.618. The normalized spacial score (nSPS) is 14.1. The van der Waals surface area contributed by atoms with Gasteiger partial charge in [0.1, 0.15) is 15.7 Å². The molecule has 0 radical (unpaired) electrons. The number of hydrogen-bond donors (Lipinski definition) is 0. The van der Waals surface area contributed by atoms with E-state index in [2.05, 4.69) is 20.2 Å². The molecule has 6 nitrogen and oxygen atoms in total. The molecular formula is C17H14N6S2. The van der Waals surface area contributed by atoms with Crippen molar-refractivity contribution in [2.24, 2.45) is 0 Å². The Hall–Kier alpha value is -2.45. The summed E-state index contributed by atoms with van der Waals surface area (Å²) < 4.78 is 1.81. The molecule has 1 fully saturated rings. The van der Waals surface area contributed by atoms with E-state index in [1.54, 1.807) is 28.9 Å². The molecule has 0 unspecified atom stereocenters. The molecular weight excluding hydrogens is 352 g/mol. The molecule has 0 aliphatic heterocycles. The van der Waals surface area contributed by atoms with Crippen LogP contribution in [0.15, 0.2) is 36.8 Å². The van der Waals surface area contributed by atoms with E-state index in [-0.39, 0.29) is 0 Å². The molecule has 5 rings (SSSR count). The third-order valence-electron chi connectivity index (χ3n) is 4.08. The molecule has 25 heavy (non-hydrogen) atoms. The molecule has 0 atom stereocenters. The molecule has 4 aromatic rings. The van der Waals surface area contributed by atoms with Gasteiger partial charge in [-0.1, -0.05) is 11.3 Å². The van der Waals surface area contributed by atoms with E-state index in [0.29, 0.717) is 5.92 Å². The van der Waals surface area contributed by atoms with Gasteiger partial charge in [-0.3, -0.25) is 4.98 Å². The van der Waals surface area contributed by atoms with E-state index in [0.717, 1.165) is 37.0 Å². The van der Waals surface area contributed by atoms with Crippen LogP contribution in [0.4, 0.5) is 0 Å². The molecule has 0 spiro atoms. The first kappa shape index (κ1) is 14.9. The second-order valence-electron chi connectivity index (χ2n) is 6.02. The monoisotopic (exact) mass is 366 g/mol. The van der Waals surface area contributed by atoms with Crippen LogP contribution < -0.4 is 0 Å². The lowest BCUT2D eigenvalue weighted by Crippen LogP contribution is -1.93. The Morgan fingerprint density at radius 3 is 2.88 bits per heavy atom. The largest absolute Gasteiger partial charge is 0.264 e. The van der Waals surface area contributed by atoms with Crippen molar-refractivity contribution in [1.29, 1.82) is 0 Å². The van der Waals surface area contributed by atoms with Crippen LogP contribution in [0.2, 0.25) is 0 Å². The Balaban J connectivity index is 1.47. The maximum Gasteiger partial charge on any atom is 0.232 e. The van der Waals surface area contributed by atoms with Crippen molar-refractivity contribution in [2.75, 3.05) is 0 Å². The van der Waals surface area contributed by atoms with Gasteiger partial charge in [0, 0.05) is 30.1 Å². The van der Waals surface area contributed by atoms with E-state index in [1.807, 2.05) is 42.2 Å². The number of thiazole rings is 1. The number of aromatic nitrogens is 6. The Bertz CT molecular complexity index is 1030. The average molecular weight is 366 g/mol. The standard InChI is InChI=1S/C17H14N6S2/c1-10-14(24-15(19-10)12-3-2-7-18-9-12)13-6-8-23(22-13)17-21-20-16(25-17)11-4-5-11/h2-3,6-9,11H,4-5H2,1H3. The van der Waals surface area contributed by atoms with Crippen LogP contribution in [0.25, 0.3) is 26.3 Å². The van der Waals surface area contributed by atoms with Gasteiger partial charge in [0.05, 0.1) is 10.6 Å². The van der Waals surface area contributed by atoms with Gasteiger partial charge in [0.25, 0.3) is 0 Å². The molecule has 0 N–H and O–H groups in total. The number of pyridine rings is 1. The Morgan fingerprint density at radius 1 is 1.16 bits per heavy atom. The summed E-state index contributed by atoms with van der Waals surface area (Å²) in [6.07, 6.45) is 8.01. The smallest absolute Gasteiger partial charge is 0.232 e. The van der Waals surface area contributed by atoms with Crippen LogP contribution in [-0.2, 0) is 0 Å². The highest BCUT2D eigenvalue weighted by atomic mass is 32.1. The zero-order valence-electron chi connectivity index (χ0n) is 13.5. The van der Waals surface area contributed by atoms with Gasteiger partial charge in [0.2, 0.25) is 5.13 Å². The lowest BCUT2D eigenvalue weighted by atomic mass is 10.3. The first-order valence-corrected chi connectivity index (χ1v) is 9.69. The van der Waals surface area contributed by atoms with E-state index >= 15 is 0 Å². The van der Waals surface area contributed by atoms with E-state index in [9.17, 15) is 0 Å². The molecule has 8 heteroatoms. The number of hydrogen-bond acceptors (Lipinski definition) is 7. The van der Waals surface area contributed by atoms with E-state index in [1.165, 1.54) is 12.8 Å². The van der Waals surface area contributed by atoms with Crippen molar-refractivity contribution in [3.63, 3.8) is 0 Å². The van der Waals surface area contributed by atoms with Crippen molar-refractivity contribution in [2.45, 2.75) is 25.7 Å². The molecule has 4 aromatic heterocycles. The molecule has 124 valence electrons. The summed E-state index contributed by atoms with van der Waals surface area (Å²) in [5.74, 6) is 0.618. The highest BCUT2D eigenvalue weighted by Crippen LogP contribution is 2.41. The summed E-state index contributed by atoms with van der Waals surface area (Å²) >= 11 is 3.26. The van der Waals surface area contributed by atoms with Gasteiger partial charge < -0.3 is 0 Å². The fourth-order valence-electron chi connectivity index (χ4n) is 2.61. The Morgan fingerprint density at radius 2 is 2.08 bits per heavy atom. The Labute approximate surface area is 152 Å². The predicted molar refractivity (Wildman–Crippen MR) is 98.1 cm³/mol. The fraction of sp³-hybridized carbons (Fsp3) is 0.235. The minimum atomic E-state index is 0.618. The maximum atomic E-state index is 4.69. The summed E-state index contributed by atoms with van der Waals surface area (Å²) in [6, 6.07) is 5.95. The zero-order valence-corrected chi connectivity index (χ0v) is 15.1. The predicted octanol–water partition coefficient (Wildman–Crippen LogP) is 4.10. The molecule has 0 bridgehead atoms. The zero-order chi connectivity index (χ0) is 16.8. The average Bonchev–Trinajstić information content (AvgIpc) is 3.05. The topological polar surface area (TPSA) is 69.4 Å². The highest BCUT2D eigenvalue weighted by Gasteiger charge is 2.28.